The van der Waals surface area contributed by atoms with E-state index in [4.69, 9.17) is 4.52 Å². The van der Waals surface area contributed by atoms with E-state index in [-0.39, 0.29) is 17.7 Å². The third kappa shape index (κ3) is 5.32. The van der Waals surface area contributed by atoms with Crippen LogP contribution in [-0.4, -0.2) is 39.4 Å². The van der Waals surface area contributed by atoms with Crippen molar-refractivity contribution in [2.24, 2.45) is 5.92 Å². The molecule has 1 aliphatic heterocycles. The Kier molecular flexibility index (Phi) is 7.69. The molecule has 4 rings (SSSR count). The van der Waals surface area contributed by atoms with Crippen LogP contribution in [0.15, 0.2) is 34.3 Å². The molecule has 0 saturated carbocycles. The SMILES string of the molecule is CCc1cc(-c2scnc2C)ccc1CNC(=O)C1CCCN1C(=O)[C@H](c1cc(C)no1)C(C)C. The van der Waals surface area contributed by atoms with Gasteiger partial charge in [-0.2, -0.15) is 0 Å². The van der Waals surface area contributed by atoms with E-state index < -0.39 is 12.0 Å². The molecule has 7 nitrogen and oxygen atoms in total. The highest BCUT2D eigenvalue weighted by Crippen LogP contribution is 2.31. The van der Waals surface area contributed by atoms with Crippen LogP contribution in [0.1, 0.15) is 67.8 Å². The molecule has 0 spiro atoms. The molecule has 1 N–H and O–H groups in total. The first-order valence-electron chi connectivity index (χ1n) is 12.3. The van der Waals surface area contributed by atoms with E-state index in [1.807, 2.05) is 39.3 Å². The van der Waals surface area contributed by atoms with Crippen LogP contribution < -0.4 is 5.32 Å². The number of carbonyl (C=O) groups excluding carboxylic acids is 2. The van der Waals surface area contributed by atoms with E-state index >= 15 is 0 Å². The second kappa shape index (κ2) is 10.7. The number of hydrogen-bond donors (Lipinski definition) is 1. The van der Waals surface area contributed by atoms with Crippen LogP contribution in [0.3, 0.4) is 0 Å². The number of benzene rings is 1. The molecule has 186 valence electrons. The Morgan fingerprint density at radius 1 is 1.23 bits per heavy atom. The summed E-state index contributed by atoms with van der Waals surface area (Å²) < 4.78 is 5.44. The maximum Gasteiger partial charge on any atom is 0.243 e. The van der Waals surface area contributed by atoms with Crippen LogP contribution in [-0.2, 0) is 22.6 Å². The van der Waals surface area contributed by atoms with Gasteiger partial charge in [-0.1, -0.05) is 38.1 Å². The zero-order valence-electron chi connectivity index (χ0n) is 21.1. The Morgan fingerprint density at radius 2 is 2.03 bits per heavy atom. The number of amides is 2. The van der Waals surface area contributed by atoms with E-state index in [2.05, 4.69) is 40.6 Å². The molecule has 1 aromatic carbocycles. The van der Waals surface area contributed by atoms with Gasteiger partial charge in [-0.05, 0) is 61.8 Å². The zero-order valence-corrected chi connectivity index (χ0v) is 21.9. The number of nitrogens with one attached hydrogen (secondary N) is 1. The van der Waals surface area contributed by atoms with Gasteiger partial charge in [0.2, 0.25) is 11.8 Å². The van der Waals surface area contributed by atoms with Crippen molar-refractivity contribution in [1.29, 1.82) is 0 Å². The van der Waals surface area contributed by atoms with Gasteiger partial charge in [-0.3, -0.25) is 9.59 Å². The summed E-state index contributed by atoms with van der Waals surface area (Å²) in [6.45, 7) is 11.0. The lowest BCUT2D eigenvalue weighted by Crippen LogP contribution is -2.47. The summed E-state index contributed by atoms with van der Waals surface area (Å²) in [5, 5.41) is 7.06. The van der Waals surface area contributed by atoms with E-state index in [0.717, 1.165) is 35.4 Å². The highest BCUT2D eigenvalue weighted by atomic mass is 32.1. The van der Waals surface area contributed by atoms with Gasteiger partial charge in [0.05, 0.1) is 21.8 Å². The molecule has 2 atom stereocenters. The minimum Gasteiger partial charge on any atom is -0.360 e. The van der Waals surface area contributed by atoms with Crippen molar-refractivity contribution in [2.75, 3.05) is 6.54 Å². The molecule has 1 unspecified atom stereocenters. The van der Waals surface area contributed by atoms with E-state index in [1.54, 1.807) is 16.2 Å². The smallest absolute Gasteiger partial charge is 0.243 e. The third-order valence-corrected chi connectivity index (χ3v) is 7.75. The molecule has 1 aliphatic rings. The van der Waals surface area contributed by atoms with Crippen LogP contribution in [0.4, 0.5) is 0 Å². The fourth-order valence-corrected chi connectivity index (χ4v) is 5.70. The number of thiazole rings is 1. The molecular formula is C27H34N4O3S. The predicted molar refractivity (Wildman–Crippen MR) is 137 cm³/mol. The Balaban J connectivity index is 1.46. The number of rotatable bonds is 8. The highest BCUT2D eigenvalue weighted by Gasteiger charge is 2.40. The Labute approximate surface area is 210 Å². The topological polar surface area (TPSA) is 88.3 Å². The minimum absolute atomic E-state index is 0.0342. The van der Waals surface area contributed by atoms with Gasteiger partial charge in [0, 0.05) is 19.2 Å². The summed E-state index contributed by atoms with van der Waals surface area (Å²) >= 11 is 1.64. The first-order valence-corrected chi connectivity index (χ1v) is 13.2. The lowest BCUT2D eigenvalue weighted by atomic mass is 9.91. The Bertz CT molecular complexity index is 1200. The standard InChI is InChI=1S/C27H34N4O3S/c1-6-19-13-20(25-18(5)29-15-35-25)9-10-21(19)14-28-26(32)22-8-7-11-31(22)27(33)24(16(2)3)23-12-17(4)30-34-23/h9-10,12-13,15-16,22,24H,6-8,11,14H2,1-5H3,(H,28,32)/t22?,24-/m0/s1. The van der Waals surface area contributed by atoms with Crippen LogP contribution in [0, 0.1) is 19.8 Å². The monoisotopic (exact) mass is 494 g/mol. The molecule has 2 aromatic heterocycles. The molecule has 1 saturated heterocycles. The summed E-state index contributed by atoms with van der Waals surface area (Å²) in [6, 6.07) is 7.74. The molecule has 3 heterocycles. The van der Waals surface area contributed by atoms with Gasteiger partial charge in [0.1, 0.15) is 17.7 Å². The fraction of sp³-hybridized carbons (Fsp3) is 0.481. The van der Waals surface area contributed by atoms with Crippen LogP contribution in [0.2, 0.25) is 0 Å². The molecule has 1 fully saturated rings. The van der Waals surface area contributed by atoms with E-state index in [1.165, 1.54) is 10.4 Å². The normalized spacial score (nSPS) is 16.6. The fourth-order valence-electron chi connectivity index (χ4n) is 4.89. The van der Waals surface area contributed by atoms with E-state index in [0.29, 0.717) is 25.3 Å². The number of hydrogen-bond acceptors (Lipinski definition) is 6. The summed E-state index contributed by atoms with van der Waals surface area (Å²) in [5.74, 6) is -0.00714. The Morgan fingerprint density at radius 3 is 2.66 bits per heavy atom. The summed E-state index contributed by atoms with van der Waals surface area (Å²) in [4.78, 5) is 34.0. The van der Waals surface area contributed by atoms with E-state index in [9.17, 15) is 9.59 Å². The van der Waals surface area contributed by atoms with Gasteiger partial charge in [-0.25, -0.2) is 4.98 Å². The number of nitrogens with zero attached hydrogens (tertiary/aromatic N) is 3. The zero-order chi connectivity index (χ0) is 25.1. The molecule has 0 aliphatic carbocycles. The lowest BCUT2D eigenvalue weighted by molar-refractivity contribution is -0.140. The molecule has 0 radical (unpaired) electrons. The highest BCUT2D eigenvalue weighted by molar-refractivity contribution is 7.13. The maximum atomic E-state index is 13.5. The molecule has 2 amide bonds. The summed E-state index contributed by atoms with van der Waals surface area (Å²) in [7, 11) is 0. The van der Waals surface area contributed by atoms with Gasteiger partial charge in [0.25, 0.3) is 0 Å². The quantitative estimate of drug-likeness (QED) is 0.475. The van der Waals surface area contributed by atoms with Crippen molar-refractivity contribution in [3.63, 3.8) is 0 Å². The Hall–Kier alpha value is -3.00. The van der Waals surface area contributed by atoms with Gasteiger partial charge < -0.3 is 14.7 Å². The second-order valence-electron chi connectivity index (χ2n) is 9.60. The number of carbonyl (C=O) groups is 2. The average molecular weight is 495 g/mol. The average Bonchev–Trinajstić information content (AvgIpc) is 3.58. The maximum absolute atomic E-state index is 13.5. The molecule has 0 bridgehead atoms. The van der Waals surface area contributed by atoms with Crippen LogP contribution >= 0.6 is 11.3 Å². The van der Waals surface area contributed by atoms with Crippen LogP contribution in [0.5, 0.6) is 0 Å². The van der Waals surface area contributed by atoms with Crippen molar-refractivity contribution in [1.82, 2.24) is 20.4 Å². The van der Waals surface area contributed by atoms with Gasteiger partial charge in [-0.15, -0.1) is 11.3 Å². The molecular weight excluding hydrogens is 460 g/mol. The van der Waals surface area contributed by atoms with Crippen molar-refractivity contribution in [2.45, 2.75) is 72.4 Å². The number of aromatic nitrogens is 2. The largest absolute Gasteiger partial charge is 0.360 e. The number of aryl methyl sites for hydroxylation is 3. The van der Waals surface area contributed by atoms with Crippen molar-refractivity contribution in [3.8, 4) is 10.4 Å². The first kappa shape index (κ1) is 25.1. The minimum atomic E-state index is -0.461. The third-order valence-electron chi connectivity index (χ3n) is 6.77. The van der Waals surface area contributed by atoms with Crippen molar-refractivity contribution < 1.29 is 14.1 Å². The van der Waals surface area contributed by atoms with Gasteiger partial charge >= 0.3 is 0 Å². The number of likely N-dealkylation sites (tertiary alicyclic amines) is 1. The molecule has 8 heteroatoms. The van der Waals surface area contributed by atoms with Crippen LogP contribution in [0.25, 0.3) is 10.4 Å². The second-order valence-corrected chi connectivity index (χ2v) is 10.5. The predicted octanol–water partition coefficient (Wildman–Crippen LogP) is 5.02. The summed E-state index contributed by atoms with van der Waals surface area (Å²) in [5.41, 5.74) is 7.11. The lowest BCUT2D eigenvalue weighted by Gasteiger charge is -2.29. The van der Waals surface area contributed by atoms with Crippen molar-refractivity contribution >= 4 is 23.2 Å². The van der Waals surface area contributed by atoms with Crippen molar-refractivity contribution in [3.05, 3.63) is 58.1 Å². The molecule has 35 heavy (non-hydrogen) atoms. The molecule has 3 aromatic rings. The first-order chi connectivity index (χ1) is 16.8. The summed E-state index contributed by atoms with van der Waals surface area (Å²) in [6.07, 6.45) is 2.35. The van der Waals surface area contributed by atoms with Gasteiger partial charge in [0.15, 0.2) is 0 Å².